The molecule has 0 N–H and O–H groups in total. The third-order valence-corrected chi connectivity index (χ3v) is 2.37. The van der Waals surface area contributed by atoms with E-state index in [9.17, 15) is 0 Å². The summed E-state index contributed by atoms with van der Waals surface area (Å²) in [6.07, 6.45) is 1.34. The molecule has 4 nitrogen and oxygen atoms in total. The van der Waals surface area contributed by atoms with E-state index in [1.54, 1.807) is 0 Å². The maximum atomic E-state index is 5.70. The molecule has 1 unspecified atom stereocenters. The van der Waals surface area contributed by atoms with Crippen LogP contribution >= 0.6 is 46.4 Å². The molecule has 0 radical (unpaired) electrons. The molecular weight excluding hydrogens is 270 g/mol. The summed E-state index contributed by atoms with van der Waals surface area (Å²) >= 11 is 22.7. The number of fused-ring (bicyclic) bond motifs is 1. The first-order valence-electron chi connectivity index (χ1n) is 3.48. The molecule has 0 fully saturated rings. The molecule has 0 saturated heterocycles. The van der Waals surface area contributed by atoms with Gasteiger partial charge in [0, 0.05) is 0 Å². The number of rotatable bonds is 0. The van der Waals surface area contributed by atoms with Crippen molar-refractivity contribution in [3.63, 3.8) is 0 Å². The van der Waals surface area contributed by atoms with Crippen LogP contribution in [0.1, 0.15) is 0 Å². The minimum atomic E-state index is -1.65. The molecule has 2 aliphatic heterocycles. The molecule has 14 heavy (non-hydrogen) atoms. The third-order valence-electron chi connectivity index (χ3n) is 1.62. The summed E-state index contributed by atoms with van der Waals surface area (Å²) in [5.41, 5.74) is 0.218. The zero-order chi connectivity index (χ0) is 10.3. The fraction of sp³-hybridized carbons (Fsp3) is 0.333. The molecule has 1 atom stereocenters. The van der Waals surface area contributed by atoms with E-state index in [1.807, 2.05) is 0 Å². The minimum Gasteiger partial charge on any atom is -0.256 e. The normalized spacial score (nSPS) is 25.4. The molecule has 0 spiro atoms. The zero-order valence-corrected chi connectivity index (χ0v) is 9.48. The minimum absolute atomic E-state index is 0.00757. The second-order valence-corrected chi connectivity index (χ2v) is 5.15. The highest BCUT2D eigenvalue weighted by atomic mass is 35.6. The van der Waals surface area contributed by atoms with Crippen molar-refractivity contribution in [3.8, 4) is 0 Å². The van der Waals surface area contributed by atoms with Gasteiger partial charge in [-0.15, -0.1) is 0 Å². The van der Waals surface area contributed by atoms with Crippen LogP contribution < -0.4 is 0 Å². The van der Waals surface area contributed by atoms with Crippen molar-refractivity contribution in [2.75, 3.05) is 0 Å². The Bertz CT molecular complexity index is 389. The lowest BCUT2D eigenvalue weighted by molar-refractivity contribution is 1.11. The van der Waals surface area contributed by atoms with E-state index in [-0.39, 0.29) is 11.0 Å². The van der Waals surface area contributed by atoms with Gasteiger partial charge in [0.2, 0.25) is 9.09 Å². The van der Waals surface area contributed by atoms with Gasteiger partial charge in [-0.25, -0.2) is 9.98 Å². The quantitative estimate of drug-likeness (QED) is 0.479. The van der Waals surface area contributed by atoms with Gasteiger partial charge in [-0.1, -0.05) is 34.8 Å². The van der Waals surface area contributed by atoms with Crippen LogP contribution in [-0.4, -0.2) is 33.0 Å². The van der Waals surface area contributed by atoms with Crippen LogP contribution in [0, 0.1) is 0 Å². The highest BCUT2D eigenvalue weighted by molar-refractivity contribution is 6.79. The van der Waals surface area contributed by atoms with Crippen LogP contribution in [0.15, 0.2) is 20.0 Å². The number of aliphatic imine (C=N–C) groups is 4. The first-order chi connectivity index (χ1) is 6.48. The Kier molecular flexibility index (Phi) is 2.55. The second kappa shape index (κ2) is 3.45. The first kappa shape index (κ1) is 10.4. The standard InChI is InChI=1S/C6H2Cl4N4/c7-5-13-3(6(8,9)10)2-4(14-5)12-1-11-2/h1-2H. The van der Waals surface area contributed by atoms with Gasteiger partial charge in [-0.3, -0.25) is 4.99 Å². The van der Waals surface area contributed by atoms with Gasteiger partial charge in [0.05, 0.1) is 0 Å². The van der Waals surface area contributed by atoms with Crippen LogP contribution in [0.3, 0.4) is 0 Å². The van der Waals surface area contributed by atoms with Gasteiger partial charge in [0.15, 0.2) is 11.9 Å². The Morgan fingerprint density at radius 3 is 2.57 bits per heavy atom. The zero-order valence-electron chi connectivity index (χ0n) is 6.46. The summed E-state index contributed by atoms with van der Waals surface area (Å²) in [7, 11) is 0. The molecule has 0 bridgehead atoms. The summed E-state index contributed by atoms with van der Waals surface area (Å²) in [4.78, 5) is 15.5. The van der Waals surface area contributed by atoms with Crippen LogP contribution in [0.4, 0.5) is 0 Å². The van der Waals surface area contributed by atoms with Crippen LogP contribution in [0.25, 0.3) is 0 Å². The van der Waals surface area contributed by atoms with Gasteiger partial charge >= 0.3 is 0 Å². The van der Waals surface area contributed by atoms with Gasteiger partial charge in [0.1, 0.15) is 12.1 Å². The van der Waals surface area contributed by atoms with Gasteiger partial charge in [-0.05, 0) is 11.6 Å². The fourth-order valence-electron chi connectivity index (χ4n) is 1.08. The third kappa shape index (κ3) is 1.80. The van der Waals surface area contributed by atoms with Crippen molar-refractivity contribution in [2.24, 2.45) is 20.0 Å². The van der Waals surface area contributed by atoms with Gasteiger partial charge in [-0.2, -0.15) is 4.99 Å². The van der Waals surface area contributed by atoms with Crippen LogP contribution in [-0.2, 0) is 0 Å². The lowest BCUT2D eigenvalue weighted by Gasteiger charge is -2.20. The Hall–Kier alpha value is -0.160. The number of nitrogens with zero attached hydrogens (tertiary/aromatic N) is 4. The predicted octanol–water partition coefficient (Wildman–Crippen LogP) is 2.21. The Balaban J connectivity index is 2.46. The van der Waals surface area contributed by atoms with Gasteiger partial charge in [0.25, 0.3) is 0 Å². The average molecular weight is 272 g/mol. The monoisotopic (exact) mass is 270 g/mol. The van der Waals surface area contributed by atoms with E-state index in [1.165, 1.54) is 6.34 Å². The number of amidine groups is 2. The fourth-order valence-corrected chi connectivity index (χ4v) is 1.69. The lowest BCUT2D eigenvalue weighted by Crippen LogP contribution is -2.38. The van der Waals surface area contributed by atoms with Crippen molar-refractivity contribution < 1.29 is 0 Å². The molecule has 2 heterocycles. The summed E-state index contributed by atoms with van der Waals surface area (Å²) in [5.74, 6) is 0.395. The summed E-state index contributed by atoms with van der Waals surface area (Å²) in [6, 6.07) is -0.523. The van der Waals surface area contributed by atoms with E-state index < -0.39 is 9.83 Å². The highest BCUT2D eigenvalue weighted by Gasteiger charge is 2.40. The summed E-state index contributed by atoms with van der Waals surface area (Å²) in [5, 5.41) is -0.00757. The topological polar surface area (TPSA) is 49.4 Å². The van der Waals surface area contributed by atoms with Crippen LogP contribution in [0.2, 0.25) is 0 Å². The molecular formula is C6H2Cl4N4. The van der Waals surface area contributed by atoms with Gasteiger partial charge < -0.3 is 0 Å². The smallest absolute Gasteiger partial charge is 0.231 e. The Morgan fingerprint density at radius 2 is 1.93 bits per heavy atom. The average Bonchev–Trinajstić information content (AvgIpc) is 2.47. The number of hydrogen-bond acceptors (Lipinski definition) is 4. The molecule has 2 rings (SSSR count). The molecule has 0 aromatic carbocycles. The first-order valence-corrected chi connectivity index (χ1v) is 4.99. The number of hydrogen-bond donors (Lipinski definition) is 0. The Labute approximate surface area is 99.3 Å². The van der Waals surface area contributed by atoms with E-state index >= 15 is 0 Å². The molecule has 0 aliphatic carbocycles. The SMILES string of the molecule is ClC1=NC2=NC=NC2C(C(Cl)(Cl)Cl)=N1. The van der Waals surface area contributed by atoms with Crippen molar-refractivity contribution in [2.45, 2.75) is 9.83 Å². The molecule has 0 aromatic rings. The van der Waals surface area contributed by atoms with Crippen molar-refractivity contribution >= 4 is 69.6 Å². The number of halogens is 4. The maximum absolute atomic E-state index is 5.70. The predicted molar refractivity (Wildman–Crippen MR) is 60.7 cm³/mol. The van der Waals surface area contributed by atoms with Crippen molar-refractivity contribution in [1.82, 2.24) is 0 Å². The summed E-state index contributed by atoms with van der Waals surface area (Å²) in [6.45, 7) is 0. The molecule has 2 aliphatic rings. The molecule has 8 heteroatoms. The molecule has 0 amide bonds. The maximum Gasteiger partial charge on any atom is 0.231 e. The highest BCUT2D eigenvalue weighted by Crippen LogP contribution is 2.33. The Morgan fingerprint density at radius 1 is 1.21 bits per heavy atom. The number of alkyl halides is 3. The molecule has 0 aromatic heterocycles. The molecule has 74 valence electrons. The van der Waals surface area contributed by atoms with Crippen LogP contribution in [0.5, 0.6) is 0 Å². The van der Waals surface area contributed by atoms with Crippen molar-refractivity contribution in [3.05, 3.63) is 0 Å². The van der Waals surface area contributed by atoms with E-state index in [2.05, 4.69) is 20.0 Å². The molecule has 0 saturated carbocycles. The summed E-state index contributed by atoms with van der Waals surface area (Å²) < 4.78 is -1.65. The van der Waals surface area contributed by atoms with Crippen molar-refractivity contribution in [1.29, 1.82) is 0 Å². The van der Waals surface area contributed by atoms with E-state index in [4.69, 9.17) is 46.4 Å². The van der Waals surface area contributed by atoms with E-state index in [0.717, 1.165) is 0 Å². The van der Waals surface area contributed by atoms with E-state index in [0.29, 0.717) is 5.84 Å². The lowest BCUT2D eigenvalue weighted by atomic mass is 10.2. The second-order valence-electron chi connectivity index (χ2n) is 2.53. The largest absolute Gasteiger partial charge is 0.256 e.